The molecule has 0 fully saturated rings. The fraction of sp³-hybridized carbons (Fsp3) is 0.0476. The third-order valence-corrected chi connectivity index (χ3v) is 4.14. The van der Waals surface area contributed by atoms with Crippen LogP contribution in [0.25, 0.3) is 0 Å². The average molecular weight is 378 g/mol. The van der Waals surface area contributed by atoms with Crippen LogP contribution in [-0.2, 0) is 0 Å². The Bertz CT molecular complexity index is 1070. The normalized spacial score (nSPS) is 11.8. The maximum atomic E-state index is 13.3. The second-order valence-corrected chi connectivity index (χ2v) is 6.03. The molecule has 3 aromatic rings. The molecule has 28 heavy (non-hydrogen) atoms. The van der Waals surface area contributed by atoms with Crippen LogP contribution >= 0.6 is 0 Å². The number of rotatable bonds is 4. The van der Waals surface area contributed by atoms with Crippen molar-refractivity contribution in [2.45, 2.75) is 0 Å². The monoisotopic (exact) mass is 378 g/mol. The van der Waals surface area contributed by atoms with Crippen LogP contribution in [0.5, 0.6) is 11.5 Å². The molecule has 1 aliphatic rings. The Morgan fingerprint density at radius 1 is 0.821 bits per heavy atom. The molecule has 0 aromatic heterocycles. The van der Waals surface area contributed by atoms with Crippen molar-refractivity contribution in [3.63, 3.8) is 0 Å². The minimum absolute atomic E-state index is 0.141. The smallest absolute Gasteiger partial charge is 0.257 e. The van der Waals surface area contributed by atoms with E-state index in [1.807, 2.05) is 0 Å². The van der Waals surface area contributed by atoms with Crippen molar-refractivity contribution in [3.8, 4) is 11.5 Å². The van der Waals surface area contributed by atoms with Crippen LogP contribution in [0, 0.1) is 5.82 Å². The SMILES string of the molecule is O=C(Nc1ccccc1C(=O)Nc1ccc2c(c1)OCO2)c1cccc(F)c1. The van der Waals surface area contributed by atoms with Crippen molar-refractivity contribution < 1.29 is 23.5 Å². The number of amides is 2. The van der Waals surface area contributed by atoms with Gasteiger partial charge in [0, 0.05) is 17.3 Å². The fourth-order valence-electron chi connectivity index (χ4n) is 2.79. The summed E-state index contributed by atoms with van der Waals surface area (Å²) in [7, 11) is 0. The van der Waals surface area contributed by atoms with Crippen molar-refractivity contribution in [1.29, 1.82) is 0 Å². The second kappa shape index (κ2) is 7.40. The summed E-state index contributed by atoms with van der Waals surface area (Å²) < 4.78 is 23.9. The average Bonchev–Trinajstić information content (AvgIpc) is 3.16. The van der Waals surface area contributed by atoms with Crippen LogP contribution in [0.3, 0.4) is 0 Å². The van der Waals surface area contributed by atoms with E-state index in [2.05, 4.69) is 10.6 Å². The molecule has 1 heterocycles. The zero-order valence-corrected chi connectivity index (χ0v) is 14.6. The Kier molecular flexibility index (Phi) is 4.63. The summed E-state index contributed by atoms with van der Waals surface area (Å²) in [6.07, 6.45) is 0. The highest BCUT2D eigenvalue weighted by atomic mass is 19.1. The zero-order valence-electron chi connectivity index (χ0n) is 14.6. The van der Waals surface area contributed by atoms with Gasteiger partial charge in [-0.1, -0.05) is 18.2 Å². The lowest BCUT2D eigenvalue weighted by Crippen LogP contribution is -2.18. The third kappa shape index (κ3) is 3.64. The summed E-state index contributed by atoms with van der Waals surface area (Å²) in [5.41, 5.74) is 1.27. The molecule has 0 atom stereocenters. The molecule has 6 nitrogen and oxygen atoms in total. The molecule has 0 aliphatic carbocycles. The number of fused-ring (bicyclic) bond motifs is 1. The zero-order chi connectivity index (χ0) is 19.5. The number of halogens is 1. The number of anilines is 2. The van der Waals surface area contributed by atoms with Crippen molar-refractivity contribution in [2.24, 2.45) is 0 Å². The van der Waals surface area contributed by atoms with Crippen molar-refractivity contribution in [2.75, 3.05) is 17.4 Å². The van der Waals surface area contributed by atoms with Crippen LogP contribution in [0.2, 0.25) is 0 Å². The highest BCUT2D eigenvalue weighted by molar-refractivity contribution is 6.12. The Labute approximate surface area is 159 Å². The molecule has 1 aliphatic heterocycles. The standard InChI is InChI=1S/C21H15FN2O4/c22-14-5-3-4-13(10-14)20(25)24-17-7-2-1-6-16(17)21(26)23-15-8-9-18-19(11-15)28-12-27-18/h1-11H,12H2,(H,23,26)(H,24,25). The van der Waals surface area contributed by atoms with E-state index < -0.39 is 17.6 Å². The van der Waals surface area contributed by atoms with Crippen LogP contribution < -0.4 is 20.1 Å². The van der Waals surface area contributed by atoms with E-state index >= 15 is 0 Å². The largest absolute Gasteiger partial charge is 0.454 e. The van der Waals surface area contributed by atoms with Gasteiger partial charge in [-0.15, -0.1) is 0 Å². The van der Waals surface area contributed by atoms with Gasteiger partial charge in [-0.2, -0.15) is 0 Å². The van der Waals surface area contributed by atoms with Crippen LogP contribution in [0.4, 0.5) is 15.8 Å². The maximum absolute atomic E-state index is 13.3. The first-order valence-corrected chi connectivity index (χ1v) is 8.47. The van der Waals surface area contributed by atoms with Crippen LogP contribution in [-0.4, -0.2) is 18.6 Å². The van der Waals surface area contributed by atoms with Crippen molar-refractivity contribution >= 4 is 23.2 Å². The maximum Gasteiger partial charge on any atom is 0.257 e. The highest BCUT2D eigenvalue weighted by Gasteiger charge is 2.17. The molecule has 0 bridgehead atoms. The summed E-state index contributed by atoms with van der Waals surface area (Å²) in [6, 6.07) is 17.0. The highest BCUT2D eigenvalue weighted by Crippen LogP contribution is 2.34. The second-order valence-electron chi connectivity index (χ2n) is 6.03. The third-order valence-electron chi connectivity index (χ3n) is 4.14. The number of carbonyl (C=O) groups is 2. The lowest BCUT2D eigenvalue weighted by atomic mass is 10.1. The van der Waals surface area contributed by atoms with Crippen molar-refractivity contribution in [1.82, 2.24) is 0 Å². The van der Waals surface area contributed by atoms with E-state index in [4.69, 9.17) is 9.47 Å². The molecule has 0 radical (unpaired) electrons. The first-order valence-electron chi connectivity index (χ1n) is 8.47. The first-order chi connectivity index (χ1) is 13.6. The minimum Gasteiger partial charge on any atom is -0.454 e. The number of benzene rings is 3. The molecule has 140 valence electrons. The molecule has 0 saturated carbocycles. The lowest BCUT2D eigenvalue weighted by molar-refractivity contribution is 0.102. The number of carbonyl (C=O) groups excluding carboxylic acids is 2. The number of hydrogen-bond acceptors (Lipinski definition) is 4. The molecule has 2 amide bonds. The predicted octanol–water partition coefficient (Wildman–Crippen LogP) is 4.06. The van der Waals surface area contributed by atoms with Crippen molar-refractivity contribution in [3.05, 3.63) is 83.7 Å². The van der Waals surface area contributed by atoms with Gasteiger partial charge in [0.25, 0.3) is 11.8 Å². The van der Waals surface area contributed by atoms with E-state index in [1.54, 1.807) is 42.5 Å². The number of hydrogen-bond donors (Lipinski definition) is 2. The molecule has 4 rings (SSSR count). The van der Waals surface area contributed by atoms with Crippen LogP contribution in [0.1, 0.15) is 20.7 Å². The molecule has 3 aromatic carbocycles. The quantitative estimate of drug-likeness (QED) is 0.718. The van der Waals surface area contributed by atoms with E-state index in [0.717, 1.165) is 6.07 Å². The van der Waals surface area contributed by atoms with Gasteiger partial charge in [-0.3, -0.25) is 9.59 Å². The summed E-state index contributed by atoms with van der Waals surface area (Å²) in [5, 5.41) is 5.42. The van der Waals surface area contributed by atoms with E-state index in [-0.39, 0.29) is 17.9 Å². The Hall–Kier alpha value is -3.87. The van der Waals surface area contributed by atoms with Gasteiger partial charge in [0.2, 0.25) is 6.79 Å². The van der Waals surface area contributed by atoms with Gasteiger partial charge in [-0.05, 0) is 42.5 Å². The van der Waals surface area contributed by atoms with E-state index in [9.17, 15) is 14.0 Å². The van der Waals surface area contributed by atoms with Gasteiger partial charge in [0.05, 0.1) is 11.3 Å². The first kappa shape index (κ1) is 17.5. The van der Waals surface area contributed by atoms with Gasteiger partial charge < -0.3 is 20.1 Å². The molecule has 0 saturated heterocycles. The van der Waals surface area contributed by atoms with Gasteiger partial charge in [0.15, 0.2) is 11.5 Å². The molecular formula is C21H15FN2O4. The number of ether oxygens (including phenoxy) is 2. The van der Waals surface area contributed by atoms with Gasteiger partial charge in [0.1, 0.15) is 5.82 Å². The topological polar surface area (TPSA) is 76.7 Å². The lowest BCUT2D eigenvalue weighted by Gasteiger charge is -2.12. The van der Waals surface area contributed by atoms with E-state index in [0.29, 0.717) is 22.9 Å². The van der Waals surface area contributed by atoms with Gasteiger partial charge >= 0.3 is 0 Å². The molecule has 0 spiro atoms. The molecule has 2 N–H and O–H groups in total. The van der Waals surface area contributed by atoms with E-state index in [1.165, 1.54) is 18.2 Å². The predicted molar refractivity (Wildman–Crippen MR) is 101 cm³/mol. The van der Waals surface area contributed by atoms with Gasteiger partial charge in [-0.25, -0.2) is 4.39 Å². The molecular weight excluding hydrogens is 363 g/mol. The Morgan fingerprint density at radius 2 is 1.64 bits per heavy atom. The Morgan fingerprint density at radius 3 is 2.50 bits per heavy atom. The Balaban J connectivity index is 1.53. The van der Waals surface area contributed by atoms with Crippen LogP contribution in [0.15, 0.2) is 66.7 Å². The number of nitrogens with one attached hydrogen (secondary N) is 2. The summed E-state index contributed by atoms with van der Waals surface area (Å²) in [5.74, 6) is -0.274. The minimum atomic E-state index is -0.513. The molecule has 7 heteroatoms. The summed E-state index contributed by atoms with van der Waals surface area (Å²) in [4.78, 5) is 25.1. The summed E-state index contributed by atoms with van der Waals surface area (Å²) >= 11 is 0. The summed E-state index contributed by atoms with van der Waals surface area (Å²) in [6.45, 7) is 0.141. The number of para-hydroxylation sites is 1. The molecule has 0 unspecified atom stereocenters. The fourth-order valence-corrected chi connectivity index (χ4v) is 2.79.